The summed E-state index contributed by atoms with van der Waals surface area (Å²) in [5, 5.41) is 28.0. The minimum atomic E-state index is 1.22. The average Bonchev–Trinajstić information content (AvgIpc) is 0.748. The summed E-state index contributed by atoms with van der Waals surface area (Å²) in [7, 11) is 0. The first-order valence-electron chi connectivity index (χ1n) is 36.1. The molecule has 0 aliphatic carbocycles. The Bertz CT molecular complexity index is 6830. The minimum absolute atomic E-state index is 1.22. The van der Waals surface area contributed by atoms with E-state index in [1.807, 2.05) is 0 Å². The Labute approximate surface area is 603 Å². The van der Waals surface area contributed by atoms with Gasteiger partial charge in [-0.2, -0.15) is 0 Å². The van der Waals surface area contributed by atoms with Crippen molar-refractivity contribution in [1.29, 1.82) is 0 Å². The van der Waals surface area contributed by atoms with Gasteiger partial charge < -0.3 is 0 Å². The molecule has 0 bridgehead atoms. The van der Waals surface area contributed by atoms with E-state index >= 15 is 0 Å². The van der Waals surface area contributed by atoms with E-state index in [0.29, 0.717) is 0 Å². The summed E-state index contributed by atoms with van der Waals surface area (Å²) in [5.41, 5.74) is 19.9. The summed E-state index contributed by atoms with van der Waals surface area (Å²) >= 11 is 0. The molecule has 0 heteroatoms. The molecular weight excluding hydrogens is 1250 g/mol. The SMILES string of the molecule is c1ccc(-c2ccc(-c3c4ccccc4c(-c4ccc5ccc(-c6cc7ccccc7c7ccccc67)cc5c4)c4ccccc34)cc2)cc1.c1ccc(-c2ccc(-c3c4ccccc4c(-c4ccc5ccc(-c6ccc7c8ccccc8c8ccccc8c7c6)cc5c4)c4ccccc34)cc2)cc1. The summed E-state index contributed by atoms with van der Waals surface area (Å²) in [4.78, 5) is 0. The second-order valence-corrected chi connectivity index (χ2v) is 27.7. The Kier molecular flexibility index (Phi) is 14.7. The zero-order valence-electron chi connectivity index (χ0n) is 57.1. The summed E-state index contributed by atoms with van der Waals surface area (Å²) < 4.78 is 0. The molecule has 0 heterocycles. The van der Waals surface area contributed by atoms with E-state index in [-0.39, 0.29) is 0 Å². The third kappa shape index (κ3) is 10.4. The van der Waals surface area contributed by atoms with Crippen LogP contribution in [0, 0.1) is 0 Å². The smallest absolute Gasteiger partial charge is 0.00262 e. The van der Waals surface area contributed by atoms with Crippen molar-refractivity contribution >= 4 is 118 Å². The Morgan fingerprint density at radius 1 is 0.0962 bits per heavy atom. The van der Waals surface area contributed by atoms with Crippen LogP contribution in [0.2, 0.25) is 0 Å². The molecule has 0 aromatic heterocycles. The summed E-state index contributed by atoms with van der Waals surface area (Å²) in [5.74, 6) is 0. The molecule has 0 atom stereocenters. The normalized spacial score (nSPS) is 11.7. The second kappa shape index (κ2) is 25.3. The number of rotatable bonds is 8. The van der Waals surface area contributed by atoms with Crippen molar-refractivity contribution in [3.63, 3.8) is 0 Å². The monoisotopic (exact) mass is 1310 g/mol. The highest BCUT2D eigenvalue weighted by atomic mass is 14.2. The fourth-order valence-corrected chi connectivity index (χ4v) is 17.0. The summed E-state index contributed by atoms with van der Waals surface area (Å²) in [6.07, 6.45) is 0. The van der Waals surface area contributed by atoms with Gasteiger partial charge in [0.15, 0.2) is 0 Å². The molecule has 0 radical (unpaired) electrons. The maximum absolute atomic E-state index is 2.39. The summed E-state index contributed by atoms with van der Waals surface area (Å²) in [6, 6.07) is 147. The predicted octanol–water partition coefficient (Wildman–Crippen LogP) is 29.4. The standard InChI is InChI=1S/C54H34.C50H32/c1-2-12-35(13-3-1)36-22-26-38(27-23-36)53-48-18-8-10-20-50(48)54(51-21-11-9-19-49(51)53)41-29-25-37-24-28-39(32-42(37)33-41)40-30-31-47-45-16-5-4-14-43(45)44-15-6-7-17-46(44)52(47)34-40;1-2-12-33(13-3-1)34-22-26-36(27-23-34)49-44-18-8-10-20-46(44)50(47-21-11-9-19-45(47)49)39-29-25-35-24-28-38(30-40(35)31-39)48-32-37-14-4-5-15-41(37)42-16-6-7-17-43(42)48/h1-34H;1-32H. The summed E-state index contributed by atoms with van der Waals surface area (Å²) in [6.45, 7) is 0. The van der Waals surface area contributed by atoms with E-state index in [2.05, 4.69) is 400 Å². The lowest BCUT2D eigenvalue weighted by atomic mass is 9.85. The van der Waals surface area contributed by atoms with Gasteiger partial charge in [-0.15, -0.1) is 0 Å². The van der Waals surface area contributed by atoms with E-state index in [0.717, 1.165) is 0 Å². The Morgan fingerprint density at radius 2 is 0.346 bits per heavy atom. The largest absolute Gasteiger partial charge is 0.0622 e. The zero-order valence-corrected chi connectivity index (χ0v) is 57.1. The van der Waals surface area contributed by atoms with Crippen molar-refractivity contribution in [2.75, 3.05) is 0 Å². The highest BCUT2D eigenvalue weighted by Crippen LogP contribution is 2.48. The molecule has 0 aliphatic rings. The fourth-order valence-electron chi connectivity index (χ4n) is 17.0. The van der Waals surface area contributed by atoms with Crippen LogP contribution in [0.15, 0.2) is 400 Å². The van der Waals surface area contributed by atoms with Gasteiger partial charge >= 0.3 is 0 Å². The minimum Gasteiger partial charge on any atom is -0.0622 e. The third-order valence-electron chi connectivity index (χ3n) is 21.8. The van der Waals surface area contributed by atoms with Gasteiger partial charge in [-0.25, -0.2) is 0 Å². The van der Waals surface area contributed by atoms with E-state index in [1.165, 1.54) is 208 Å². The quantitative estimate of drug-likeness (QED) is 0.105. The van der Waals surface area contributed by atoms with Gasteiger partial charge in [0.05, 0.1) is 0 Å². The van der Waals surface area contributed by atoms with Crippen LogP contribution in [-0.2, 0) is 0 Å². The number of fused-ring (bicyclic) bond motifs is 15. The van der Waals surface area contributed by atoms with E-state index < -0.39 is 0 Å². The molecule has 0 nitrogen and oxygen atoms in total. The van der Waals surface area contributed by atoms with Crippen LogP contribution in [0.25, 0.3) is 208 Å². The maximum Gasteiger partial charge on any atom is -0.00262 e. The number of hydrogen-bond acceptors (Lipinski definition) is 0. The van der Waals surface area contributed by atoms with Crippen LogP contribution in [-0.4, -0.2) is 0 Å². The Morgan fingerprint density at radius 3 is 0.769 bits per heavy atom. The molecule has 21 rings (SSSR count). The molecule has 0 saturated heterocycles. The highest BCUT2D eigenvalue weighted by molar-refractivity contribution is 6.27. The molecule has 0 saturated carbocycles. The van der Waals surface area contributed by atoms with Crippen molar-refractivity contribution in [2.45, 2.75) is 0 Å². The first-order valence-corrected chi connectivity index (χ1v) is 36.1. The predicted molar refractivity (Wildman–Crippen MR) is 449 cm³/mol. The number of hydrogen-bond donors (Lipinski definition) is 0. The van der Waals surface area contributed by atoms with Crippen molar-refractivity contribution in [3.8, 4) is 89.0 Å². The maximum atomic E-state index is 2.39. The van der Waals surface area contributed by atoms with Crippen LogP contribution in [0.3, 0.4) is 0 Å². The van der Waals surface area contributed by atoms with E-state index in [1.54, 1.807) is 0 Å². The van der Waals surface area contributed by atoms with Crippen LogP contribution < -0.4 is 0 Å². The van der Waals surface area contributed by atoms with Gasteiger partial charge in [-0.05, 0) is 244 Å². The molecular formula is C104H66. The molecule has 0 N–H and O–H groups in total. The first-order chi connectivity index (χ1) is 51.6. The second-order valence-electron chi connectivity index (χ2n) is 27.7. The molecule has 482 valence electrons. The molecule has 0 aliphatic heterocycles. The van der Waals surface area contributed by atoms with Gasteiger partial charge in [-0.1, -0.05) is 364 Å². The number of benzene rings is 21. The fraction of sp³-hybridized carbons (Fsp3) is 0. The van der Waals surface area contributed by atoms with Crippen molar-refractivity contribution in [2.24, 2.45) is 0 Å². The Hall–Kier alpha value is -13.5. The zero-order chi connectivity index (χ0) is 68.6. The van der Waals surface area contributed by atoms with Crippen molar-refractivity contribution < 1.29 is 0 Å². The van der Waals surface area contributed by atoms with E-state index in [4.69, 9.17) is 0 Å². The van der Waals surface area contributed by atoms with Crippen LogP contribution in [0.5, 0.6) is 0 Å². The lowest BCUT2D eigenvalue weighted by Gasteiger charge is -2.18. The molecule has 21 aromatic rings. The molecule has 21 aromatic carbocycles. The molecule has 0 amide bonds. The highest BCUT2D eigenvalue weighted by Gasteiger charge is 2.21. The topological polar surface area (TPSA) is 0 Å². The van der Waals surface area contributed by atoms with Crippen molar-refractivity contribution in [3.05, 3.63) is 400 Å². The first kappa shape index (κ1) is 60.4. The van der Waals surface area contributed by atoms with Crippen molar-refractivity contribution in [1.82, 2.24) is 0 Å². The lowest BCUT2D eigenvalue weighted by molar-refractivity contribution is 1.61. The van der Waals surface area contributed by atoms with Gasteiger partial charge in [-0.3, -0.25) is 0 Å². The van der Waals surface area contributed by atoms with Crippen LogP contribution >= 0.6 is 0 Å². The third-order valence-corrected chi connectivity index (χ3v) is 21.8. The van der Waals surface area contributed by atoms with Crippen LogP contribution in [0.4, 0.5) is 0 Å². The van der Waals surface area contributed by atoms with E-state index in [9.17, 15) is 0 Å². The molecule has 0 spiro atoms. The molecule has 104 heavy (non-hydrogen) atoms. The van der Waals surface area contributed by atoms with Gasteiger partial charge in [0.25, 0.3) is 0 Å². The van der Waals surface area contributed by atoms with Gasteiger partial charge in [0.1, 0.15) is 0 Å². The lowest BCUT2D eigenvalue weighted by Crippen LogP contribution is -1.91. The molecule has 0 unspecified atom stereocenters. The Balaban J connectivity index is 0.000000139. The van der Waals surface area contributed by atoms with Gasteiger partial charge in [0.2, 0.25) is 0 Å². The average molecular weight is 1320 g/mol. The van der Waals surface area contributed by atoms with Gasteiger partial charge in [0, 0.05) is 0 Å². The molecule has 0 fully saturated rings. The van der Waals surface area contributed by atoms with Crippen LogP contribution in [0.1, 0.15) is 0 Å².